The third-order valence-corrected chi connectivity index (χ3v) is 2.40. The summed E-state index contributed by atoms with van der Waals surface area (Å²) in [5.74, 6) is -0.466. The average Bonchev–Trinajstić information content (AvgIpc) is 2.39. The van der Waals surface area contributed by atoms with E-state index in [-0.39, 0.29) is 11.6 Å². The van der Waals surface area contributed by atoms with Gasteiger partial charge < -0.3 is 0 Å². The van der Waals surface area contributed by atoms with Crippen molar-refractivity contribution in [2.24, 2.45) is 0 Å². The molecule has 0 aliphatic heterocycles. The summed E-state index contributed by atoms with van der Waals surface area (Å²) in [6.07, 6.45) is 2.03. The predicted molar refractivity (Wildman–Crippen MR) is 68.1 cm³/mol. The van der Waals surface area contributed by atoms with E-state index in [2.05, 4.69) is 15.3 Å². The number of rotatable bonds is 3. The first kappa shape index (κ1) is 12.9. The zero-order valence-electron chi connectivity index (χ0n) is 9.41. The predicted octanol–water partition coefficient (Wildman–Crippen LogP) is 2.29. The summed E-state index contributed by atoms with van der Waals surface area (Å²) in [6, 6.07) is 6.34. The maximum absolute atomic E-state index is 11.8. The molecule has 1 N–H and O–H groups in total. The summed E-state index contributed by atoms with van der Waals surface area (Å²) >= 11 is 5.76. The van der Waals surface area contributed by atoms with Crippen LogP contribution in [0.25, 0.3) is 0 Å². The van der Waals surface area contributed by atoms with E-state index in [9.17, 15) is 14.9 Å². The summed E-state index contributed by atoms with van der Waals surface area (Å²) in [7, 11) is 0. The quantitative estimate of drug-likeness (QED) is 0.686. The van der Waals surface area contributed by atoms with E-state index < -0.39 is 10.8 Å². The van der Waals surface area contributed by atoms with Crippen LogP contribution < -0.4 is 5.32 Å². The maximum Gasteiger partial charge on any atom is 0.305 e. The van der Waals surface area contributed by atoms with Crippen molar-refractivity contribution in [2.45, 2.75) is 0 Å². The molecule has 1 heterocycles. The highest BCUT2D eigenvalue weighted by Gasteiger charge is 2.10. The molecule has 0 unspecified atom stereocenters. The zero-order valence-corrected chi connectivity index (χ0v) is 10.2. The van der Waals surface area contributed by atoms with Gasteiger partial charge >= 0.3 is 5.69 Å². The molecule has 0 aliphatic rings. The first-order chi connectivity index (χ1) is 9.06. The number of anilines is 1. The first-order valence-corrected chi connectivity index (χ1v) is 5.47. The van der Waals surface area contributed by atoms with Crippen LogP contribution in [0.4, 0.5) is 11.6 Å². The molecule has 1 aromatic carbocycles. The number of halogens is 1. The molecule has 0 radical (unpaired) electrons. The van der Waals surface area contributed by atoms with Gasteiger partial charge in [0.1, 0.15) is 12.4 Å². The Morgan fingerprint density at radius 2 is 2.00 bits per heavy atom. The standard InChI is InChI=1S/C11H7ClN4O3/c12-8-3-1-2-7(4-8)10(17)15-11-13-5-9(6-14-11)16(18)19/h1-6H,(H,13,14,15,17). The Morgan fingerprint density at radius 3 is 2.58 bits per heavy atom. The number of amides is 1. The van der Waals surface area contributed by atoms with Gasteiger partial charge in [0.25, 0.3) is 5.91 Å². The Labute approximate surface area is 112 Å². The van der Waals surface area contributed by atoms with Crippen molar-refractivity contribution >= 4 is 29.1 Å². The number of carbonyl (C=O) groups is 1. The molecule has 96 valence electrons. The van der Waals surface area contributed by atoms with Crippen LogP contribution in [-0.4, -0.2) is 20.8 Å². The number of nitro groups is 1. The monoisotopic (exact) mass is 278 g/mol. The highest BCUT2D eigenvalue weighted by Crippen LogP contribution is 2.13. The summed E-state index contributed by atoms with van der Waals surface area (Å²) in [5.41, 5.74) is 0.0928. The highest BCUT2D eigenvalue weighted by molar-refractivity contribution is 6.31. The lowest BCUT2D eigenvalue weighted by atomic mass is 10.2. The number of hydrogen-bond acceptors (Lipinski definition) is 5. The van der Waals surface area contributed by atoms with Crippen molar-refractivity contribution in [1.29, 1.82) is 0 Å². The average molecular weight is 279 g/mol. The smallest absolute Gasteiger partial charge is 0.290 e. The van der Waals surface area contributed by atoms with Gasteiger partial charge in [-0.1, -0.05) is 17.7 Å². The van der Waals surface area contributed by atoms with Gasteiger partial charge in [0.05, 0.1) is 4.92 Å². The molecule has 2 aromatic rings. The molecule has 0 saturated heterocycles. The Hall–Kier alpha value is -2.54. The highest BCUT2D eigenvalue weighted by atomic mass is 35.5. The van der Waals surface area contributed by atoms with Gasteiger partial charge in [0, 0.05) is 10.6 Å². The fourth-order valence-corrected chi connectivity index (χ4v) is 1.47. The van der Waals surface area contributed by atoms with Gasteiger partial charge in [-0.05, 0) is 18.2 Å². The SMILES string of the molecule is O=C(Nc1ncc([N+](=O)[O-])cn1)c1cccc(Cl)c1. The molecule has 0 aliphatic carbocycles. The largest absolute Gasteiger partial charge is 0.305 e. The van der Waals surface area contributed by atoms with Crippen molar-refractivity contribution in [2.75, 3.05) is 5.32 Å². The van der Waals surface area contributed by atoms with E-state index >= 15 is 0 Å². The van der Waals surface area contributed by atoms with Gasteiger partial charge in [0.2, 0.25) is 5.95 Å². The van der Waals surface area contributed by atoms with E-state index in [1.165, 1.54) is 6.07 Å². The van der Waals surface area contributed by atoms with Crippen molar-refractivity contribution in [3.63, 3.8) is 0 Å². The number of hydrogen-bond donors (Lipinski definition) is 1. The summed E-state index contributed by atoms with van der Waals surface area (Å²) in [5, 5.41) is 13.3. The second kappa shape index (κ2) is 5.40. The van der Waals surface area contributed by atoms with Crippen LogP contribution in [0.15, 0.2) is 36.7 Å². The van der Waals surface area contributed by atoms with E-state index in [4.69, 9.17) is 11.6 Å². The molecule has 0 bridgehead atoms. The Bertz CT molecular complexity index is 630. The topological polar surface area (TPSA) is 98.0 Å². The molecule has 19 heavy (non-hydrogen) atoms. The second-order valence-electron chi connectivity index (χ2n) is 3.49. The van der Waals surface area contributed by atoms with Crippen LogP contribution in [0.1, 0.15) is 10.4 Å². The number of aromatic nitrogens is 2. The second-order valence-corrected chi connectivity index (χ2v) is 3.92. The van der Waals surface area contributed by atoms with Gasteiger partial charge in [-0.25, -0.2) is 9.97 Å². The molecule has 1 amide bonds. The third kappa shape index (κ3) is 3.23. The molecule has 8 heteroatoms. The van der Waals surface area contributed by atoms with Gasteiger partial charge in [0.15, 0.2) is 0 Å². The molecule has 0 atom stereocenters. The van der Waals surface area contributed by atoms with Crippen molar-refractivity contribution in [3.05, 3.63) is 57.4 Å². The van der Waals surface area contributed by atoms with E-state index in [0.717, 1.165) is 12.4 Å². The lowest BCUT2D eigenvalue weighted by Crippen LogP contribution is -2.14. The van der Waals surface area contributed by atoms with Crippen LogP contribution in [0, 0.1) is 10.1 Å². The molecule has 1 aromatic heterocycles. The van der Waals surface area contributed by atoms with E-state index in [1.807, 2.05) is 0 Å². The van der Waals surface area contributed by atoms with Crippen LogP contribution in [0.2, 0.25) is 5.02 Å². The van der Waals surface area contributed by atoms with E-state index in [1.54, 1.807) is 18.2 Å². The van der Waals surface area contributed by atoms with Gasteiger partial charge in [-0.2, -0.15) is 0 Å². The first-order valence-electron chi connectivity index (χ1n) is 5.09. The summed E-state index contributed by atoms with van der Waals surface area (Å²) in [6.45, 7) is 0. The summed E-state index contributed by atoms with van der Waals surface area (Å²) in [4.78, 5) is 28.9. The van der Waals surface area contributed by atoms with Crippen LogP contribution >= 0.6 is 11.6 Å². The molecule has 0 spiro atoms. The third-order valence-electron chi connectivity index (χ3n) is 2.16. The van der Waals surface area contributed by atoms with Crippen LogP contribution in [-0.2, 0) is 0 Å². The van der Waals surface area contributed by atoms with Gasteiger partial charge in [-0.3, -0.25) is 20.2 Å². The lowest BCUT2D eigenvalue weighted by molar-refractivity contribution is -0.385. The fourth-order valence-electron chi connectivity index (χ4n) is 1.28. The maximum atomic E-state index is 11.8. The van der Waals surface area contributed by atoms with Crippen molar-refractivity contribution in [1.82, 2.24) is 9.97 Å². The Morgan fingerprint density at radius 1 is 1.32 bits per heavy atom. The van der Waals surface area contributed by atoms with Gasteiger partial charge in [-0.15, -0.1) is 0 Å². The molecule has 0 saturated carbocycles. The van der Waals surface area contributed by atoms with E-state index in [0.29, 0.717) is 10.6 Å². The minimum Gasteiger partial charge on any atom is -0.290 e. The molecule has 7 nitrogen and oxygen atoms in total. The minimum atomic E-state index is -0.622. The van der Waals surface area contributed by atoms with Crippen LogP contribution in [0.5, 0.6) is 0 Å². The minimum absolute atomic E-state index is 0.0180. The fraction of sp³-hybridized carbons (Fsp3) is 0. The summed E-state index contributed by atoms with van der Waals surface area (Å²) < 4.78 is 0. The lowest BCUT2D eigenvalue weighted by Gasteiger charge is -2.03. The molecular formula is C11H7ClN4O3. The molecule has 0 fully saturated rings. The number of benzene rings is 1. The molecular weight excluding hydrogens is 272 g/mol. The number of nitrogens with zero attached hydrogens (tertiary/aromatic N) is 3. The number of nitrogens with one attached hydrogen (secondary N) is 1. The normalized spacial score (nSPS) is 9.95. The Balaban J connectivity index is 2.13. The van der Waals surface area contributed by atoms with Crippen molar-refractivity contribution < 1.29 is 9.72 Å². The molecule has 2 rings (SSSR count). The van der Waals surface area contributed by atoms with Crippen LogP contribution in [0.3, 0.4) is 0 Å². The Kier molecular flexibility index (Phi) is 3.67. The zero-order chi connectivity index (χ0) is 13.8. The number of carbonyl (C=O) groups excluding carboxylic acids is 1. The van der Waals surface area contributed by atoms with Crippen molar-refractivity contribution in [3.8, 4) is 0 Å².